The second-order valence-electron chi connectivity index (χ2n) is 5.08. The van der Waals surface area contributed by atoms with Crippen LogP contribution in [0.4, 0.5) is 0 Å². The summed E-state index contributed by atoms with van der Waals surface area (Å²) < 4.78 is 4.86. The molecule has 94 valence electrons. The van der Waals surface area contributed by atoms with E-state index in [1.807, 2.05) is 18.2 Å². The summed E-state index contributed by atoms with van der Waals surface area (Å²) in [6.07, 6.45) is 1.50. The lowest BCUT2D eigenvalue weighted by atomic mass is 9.73. The van der Waals surface area contributed by atoms with Gasteiger partial charge in [-0.15, -0.1) is 0 Å². The summed E-state index contributed by atoms with van der Waals surface area (Å²) in [5.41, 5.74) is -0.0554. The van der Waals surface area contributed by atoms with E-state index < -0.39 is 5.54 Å². The number of methoxy groups -OCH3 is 1. The maximum absolute atomic E-state index is 12.4. The fourth-order valence-corrected chi connectivity index (χ4v) is 3.16. The molecule has 2 saturated heterocycles. The smallest absolute Gasteiger partial charge is 0.331 e. The first-order chi connectivity index (χ1) is 8.67. The lowest BCUT2D eigenvalue weighted by Gasteiger charge is -2.38. The van der Waals surface area contributed by atoms with Gasteiger partial charge in [-0.1, -0.05) is 18.2 Å². The Kier molecular flexibility index (Phi) is 2.40. The standard InChI is InChI=1S/C14H15NO3/c1-18-13(17)14-7-10(8-14)9-15(14)12(16)11-5-3-2-4-6-11/h2-6,10H,7-9H2,1H3. The van der Waals surface area contributed by atoms with E-state index in [-0.39, 0.29) is 11.9 Å². The second kappa shape index (κ2) is 3.83. The minimum absolute atomic E-state index is 0.0685. The van der Waals surface area contributed by atoms with E-state index in [4.69, 9.17) is 4.74 Å². The molecule has 4 heteroatoms. The van der Waals surface area contributed by atoms with Gasteiger partial charge in [0.15, 0.2) is 0 Å². The van der Waals surface area contributed by atoms with Crippen molar-refractivity contribution in [1.29, 1.82) is 0 Å². The molecule has 0 unspecified atom stereocenters. The molecule has 2 aliphatic heterocycles. The number of amides is 1. The Morgan fingerprint density at radius 2 is 1.94 bits per heavy atom. The van der Waals surface area contributed by atoms with E-state index in [2.05, 4.69) is 0 Å². The fraction of sp³-hybridized carbons (Fsp3) is 0.429. The highest BCUT2D eigenvalue weighted by atomic mass is 16.5. The molecule has 1 amide bonds. The fourth-order valence-electron chi connectivity index (χ4n) is 3.16. The van der Waals surface area contributed by atoms with Gasteiger partial charge in [0.05, 0.1) is 7.11 Å². The van der Waals surface area contributed by atoms with Crippen LogP contribution in [0.2, 0.25) is 0 Å². The SMILES string of the molecule is COC(=O)C12CC(CN1C(=O)c1ccccc1)C2. The van der Waals surface area contributed by atoms with Crippen molar-refractivity contribution in [2.75, 3.05) is 13.7 Å². The minimum Gasteiger partial charge on any atom is -0.467 e. The summed E-state index contributed by atoms with van der Waals surface area (Å²) in [7, 11) is 1.38. The summed E-state index contributed by atoms with van der Waals surface area (Å²) in [6.45, 7) is 0.669. The van der Waals surface area contributed by atoms with Crippen LogP contribution >= 0.6 is 0 Å². The molecule has 0 radical (unpaired) electrons. The molecule has 3 fully saturated rings. The van der Waals surface area contributed by atoms with E-state index in [9.17, 15) is 9.59 Å². The summed E-state index contributed by atoms with van der Waals surface area (Å²) in [4.78, 5) is 26.0. The van der Waals surface area contributed by atoms with Crippen molar-refractivity contribution >= 4 is 11.9 Å². The molecule has 0 aromatic heterocycles. The van der Waals surface area contributed by atoms with Crippen LogP contribution in [0, 0.1) is 5.92 Å². The lowest BCUT2D eigenvalue weighted by Crippen LogP contribution is -2.55. The number of ether oxygens (including phenoxy) is 1. The maximum atomic E-state index is 12.4. The molecule has 0 atom stereocenters. The molecule has 4 nitrogen and oxygen atoms in total. The number of benzene rings is 1. The molecule has 1 aromatic carbocycles. The van der Waals surface area contributed by atoms with Gasteiger partial charge < -0.3 is 9.64 Å². The van der Waals surface area contributed by atoms with E-state index in [1.165, 1.54) is 7.11 Å². The number of fused-ring (bicyclic) bond motifs is 1. The molecular weight excluding hydrogens is 230 g/mol. The maximum Gasteiger partial charge on any atom is 0.331 e. The van der Waals surface area contributed by atoms with Crippen molar-refractivity contribution in [3.8, 4) is 0 Å². The predicted octanol–water partition coefficient (Wildman–Crippen LogP) is 1.46. The van der Waals surface area contributed by atoms with Crippen molar-refractivity contribution in [3.63, 3.8) is 0 Å². The first kappa shape index (κ1) is 11.3. The molecule has 0 N–H and O–H groups in total. The monoisotopic (exact) mass is 245 g/mol. The highest BCUT2D eigenvalue weighted by Crippen LogP contribution is 2.51. The molecule has 1 saturated carbocycles. The second-order valence-corrected chi connectivity index (χ2v) is 5.08. The third-order valence-corrected chi connectivity index (χ3v) is 4.04. The Labute approximate surface area is 106 Å². The van der Waals surface area contributed by atoms with Crippen LogP contribution < -0.4 is 0 Å². The Balaban J connectivity index is 1.89. The largest absolute Gasteiger partial charge is 0.467 e. The van der Waals surface area contributed by atoms with Crippen molar-refractivity contribution in [2.45, 2.75) is 18.4 Å². The van der Waals surface area contributed by atoms with Gasteiger partial charge in [-0.05, 0) is 30.9 Å². The van der Waals surface area contributed by atoms with Crippen molar-refractivity contribution in [3.05, 3.63) is 35.9 Å². The third-order valence-electron chi connectivity index (χ3n) is 4.04. The Bertz CT molecular complexity index is 491. The van der Waals surface area contributed by atoms with Crippen LogP contribution in [0.15, 0.2) is 30.3 Å². The number of hydrogen-bond acceptors (Lipinski definition) is 3. The van der Waals surface area contributed by atoms with Gasteiger partial charge in [0.25, 0.3) is 5.91 Å². The summed E-state index contributed by atoms with van der Waals surface area (Å²) in [5.74, 6) is 0.110. The summed E-state index contributed by atoms with van der Waals surface area (Å²) >= 11 is 0. The van der Waals surface area contributed by atoms with E-state index >= 15 is 0 Å². The van der Waals surface area contributed by atoms with Gasteiger partial charge in [-0.3, -0.25) is 4.79 Å². The summed E-state index contributed by atoms with van der Waals surface area (Å²) in [5, 5.41) is 0. The van der Waals surface area contributed by atoms with E-state index in [1.54, 1.807) is 17.0 Å². The van der Waals surface area contributed by atoms with Crippen LogP contribution in [0.5, 0.6) is 0 Å². The molecular formula is C14H15NO3. The van der Waals surface area contributed by atoms with Crippen LogP contribution in [0.25, 0.3) is 0 Å². The quantitative estimate of drug-likeness (QED) is 0.741. The molecule has 18 heavy (non-hydrogen) atoms. The average Bonchev–Trinajstić information content (AvgIpc) is 2.93. The third kappa shape index (κ3) is 1.38. The van der Waals surface area contributed by atoms with Gasteiger partial charge in [0, 0.05) is 12.1 Å². The van der Waals surface area contributed by atoms with Crippen LogP contribution in [-0.4, -0.2) is 36.0 Å². The zero-order valence-corrected chi connectivity index (χ0v) is 10.3. The normalized spacial score (nSPS) is 28.7. The average molecular weight is 245 g/mol. The van der Waals surface area contributed by atoms with E-state index in [0.717, 1.165) is 12.8 Å². The summed E-state index contributed by atoms with van der Waals surface area (Å²) in [6, 6.07) is 9.10. The van der Waals surface area contributed by atoms with Gasteiger partial charge in [-0.2, -0.15) is 0 Å². The van der Waals surface area contributed by atoms with Crippen LogP contribution in [-0.2, 0) is 9.53 Å². The molecule has 3 aliphatic rings. The first-order valence-corrected chi connectivity index (χ1v) is 6.13. The molecule has 4 rings (SSSR count). The minimum atomic E-state index is -0.688. The van der Waals surface area contributed by atoms with E-state index in [0.29, 0.717) is 18.0 Å². The molecule has 2 heterocycles. The van der Waals surface area contributed by atoms with Crippen LogP contribution in [0.3, 0.4) is 0 Å². The number of hydrogen-bond donors (Lipinski definition) is 0. The number of esters is 1. The van der Waals surface area contributed by atoms with Gasteiger partial charge in [0.2, 0.25) is 0 Å². The Morgan fingerprint density at radius 1 is 1.28 bits per heavy atom. The van der Waals surface area contributed by atoms with Crippen molar-refractivity contribution in [1.82, 2.24) is 4.90 Å². The first-order valence-electron chi connectivity index (χ1n) is 6.13. The Hall–Kier alpha value is -1.84. The number of carbonyl (C=O) groups is 2. The molecule has 1 aromatic rings. The highest BCUT2D eigenvalue weighted by molar-refractivity contribution is 5.99. The zero-order chi connectivity index (χ0) is 12.8. The van der Waals surface area contributed by atoms with Crippen molar-refractivity contribution in [2.24, 2.45) is 5.92 Å². The highest BCUT2D eigenvalue weighted by Gasteiger charge is 2.63. The van der Waals surface area contributed by atoms with Gasteiger partial charge in [0.1, 0.15) is 5.54 Å². The zero-order valence-electron chi connectivity index (χ0n) is 10.3. The molecule has 0 spiro atoms. The predicted molar refractivity (Wildman–Crippen MR) is 64.9 cm³/mol. The number of nitrogens with zero attached hydrogens (tertiary/aromatic N) is 1. The lowest BCUT2D eigenvalue weighted by molar-refractivity contribution is -0.155. The molecule has 1 aliphatic carbocycles. The number of carbonyl (C=O) groups excluding carboxylic acids is 2. The van der Waals surface area contributed by atoms with Crippen LogP contribution in [0.1, 0.15) is 23.2 Å². The Morgan fingerprint density at radius 3 is 2.56 bits per heavy atom. The van der Waals surface area contributed by atoms with Crippen molar-refractivity contribution < 1.29 is 14.3 Å². The number of rotatable bonds is 2. The molecule has 2 bridgehead atoms. The topological polar surface area (TPSA) is 46.6 Å². The van der Waals surface area contributed by atoms with Gasteiger partial charge in [-0.25, -0.2) is 4.79 Å². The van der Waals surface area contributed by atoms with Gasteiger partial charge >= 0.3 is 5.97 Å².